The van der Waals surface area contributed by atoms with Crippen LogP contribution in [0.4, 0.5) is 5.69 Å². The third kappa shape index (κ3) is 2.37. The van der Waals surface area contributed by atoms with Crippen LogP contribution in [0.1, 0.15) is 18.9 Å². The summed E-state index contributed by atoms with van der Waals surface area (Å²) >= 11 is 15.4. The van der Waals surface area contributed by atoms with Crippen LogP contribution in [0.3, 0.4) is 0 Å². The lowest BCUT2D eigenvalue weighted by Crippen LogP contribution is -2.42. The van der Waals surface area contributed by atoms with Crippen LogP contribution in [-0.4, -0.2) is 28.7 Å². The molecule has 1 aromatic carbocycles. The van der Waals surface area contributed by atoms with Crippen LogP contribution in [0, 0.1) is 0 Å². The number of rotatable bonds is 4. The summed E-state index contributed by atoms with van der Waals surface area (Å²) in [5, 5.41) is 11.7. The van der Waals surface area contributed by atoms with Gasteiger partial charge in [0, 0.05) is 23.9 Å². The Balaban J connectivity index is 2.65. The molecule has 4 nitrogen and oxygen atoms in total. The highest BCUT2D eigenvalue weighted by atomic mass is 79.9. The van der Waals surface area contributed by atoms with Crippen LogP contribution in [0.15, 0.2) is 12.1 Å². The number of amides is 1. The van der Waals surface area contributed by atoms with Crippen molar-refractivity contribution in [1.29, 1.82) is 0 Å². The maximum atomic E-state index is 12.5. The van der Waals surface area contributed by atoms with E-state index in [1.165, 1.54) is 17.9 Å². The van der Waals surface area contributed by atoms with E-state index in [-0.39, 0.29) is 17.2 Å². The molecular formula is C13H12BrCl2NO3. The number of nitrogens with zero attached hydrogens (tertiary/aromatic N) is 1. The second-order valence-electron chi connectivity index (χ2n) is 4.64. The number of aliphatic hydroxyl groups is 1. The van der Waals surface area contributed by atoms with E-state index in [1.807, 2.05) is 0 Å². The van der Waals surface area contributed by atoms with Gasteiger partial charge in [-0.1, -0.05) is 45.2 Å². The Morgan fingerprint density at radius 1 is 1.45 bits per heavy atom. The topological polar surface area (TPSA) is 57.6 Å². The Morgan fingerprint density at radius 2 is 2.10 bits per heavy atom. The largest absolute Gasteiger partial charge is 0.375 e. The third-order valence-electron chi connectivity index (χ3n) is 3.20. The summed E-state index contributed by atoms with van der Waals surface area (Å²) in [4.78, 5) is 25.2. The molecule has 1 aliphatic rings. The maximum absolute atomic E-state index is 12.5. The third-order valence-corrected chi connectivity index (χ3v) is 4.35. The SMILES string of the molecule is CC(=O)CC1(O)C(=O)N(CCBr)c2c1ccc(Cl)c2Cl. The maximum Gasteiger partial charge on any atom is 0.264 e. The van der Waals surface area contributed by atoms with Crippen LogP contribution in [0.25, 0.3) is 0 Å². The summed E-state index contributed by atoms with van der Waals surface area (Å²) in [6, 6.07) is 3.05. The number of carbonyl (C=O) groups is 2. The van der Waals surface area contributed by atoms with Gasteiger partial charge < -0.3 is 10.0 Å². The fourth-order valence-corrected chi connectivity index (χ4v) is 3.18. The molecule has 1 N–H and O–H groups in total. The Labute approximate surface area is 134 Å². The van der Waals surface area contributed by atoms with Crippen molar-refractivity contribution in [1.82, 2.24) is 0 Å². The monoisotopic (exact) mass is 379 g/mol. The summed E-state index contributed by atoms with van der Waals surface area (Å²) < 4.78 is 0. The second-order valence-corrected chi connectivity index (χ2v) is 6.22. The van der Waals surface area contributed by atoms with E-state index in [4.69, 9.17) is 23.2 Å². The summed E-state index contributed by atoms with van der Waals surface area (Å²) in [7, 11) is 0. The highest BCUT2D eigenvalue weighted by molar-refractivity contribution is 9.09. The molecule has 1 aromatic rings. The molecular weight excluding hydrogens is 369 g/mol. The van der Waals surface area contributed by atoms with E-state index < -0.39 is 11.5 Å². The van der Waals surface area contributed by atoms with Gasteiger partial charge in [0.2, 0.25) is 0 Å². The number of hydrogen-bond acceptors (Lipinski definition) is 3. The predicted molar refractivity (Wildman–Crippen MR) is 81.8 cm³/mol. The first-order valence-electron chi connectivity index (χ1n) is 5.91. The fourth-order valence-electron chi connectivity index (χ4n) is 2.41. The van der Waals surface area contributed by atoms with Gasteiger partial charge in [0.25, 0.3) is 5.91 Å². The van der Waals surface area contributed by atoms with Gasteiger partial charge in [-0.25, -0.2) is 0 Å². The molecule has 1 aliphatic heterocycles. The number of hydrogen-bond donors (Lipinski definition) is 1. The van der Waals surface area contributed by atoms with E-state index in [0.717, 1.165) is 0 Å². The van der Waals surface area contributed by atoms with E-state index in [0.29, 0.717) is 28.1 Å². The van der Waals surface area contributed by atoms with Crippen LogP contribution >= 0.6 is 39.1 Å². The van der Waals surface area contributed by atoms with Crippen molar-refractivity contribution < 1.29 is 14.7 Å². The number of anilines is 1. The van der Waals surface area contributed by atoms with Crippen LogP contribution in [-0.2, 0) is 15.2 Å². The van der Waals surface area contributed by atoms with Crippen LogP contribution in [0.2, 0.25) is 10.0 Å². The average Bonchev–Trinajstić information content (AvgIpc) is 2.56. The zero-order valence-corrected chi connectivity index (χ0v) is 13.7. The van der Waals surface area contributed by atoms with E-state index in [2.05, 4.69) is 15.9 Å². The summed E-state index contributed by atoms with van der Waals surface area (Å²) in [5.74, 6) is -0.829. The minimum atomic E-state index is -1.86. The second kappa shape index (κ2) is 5.64. The van der Waals surface area contributed by atoms with Crippen LogP contribution in [0.5, 0.6) is 0 Å². The first-order valence-corrected chi connectivity index (χ1v) is 7.79. The quantitative estimate of drug-likeness (QED) is 0.817. The van der Waals surface area contributed by atoms with Crippen molar-refractivity contribution in [2.75, 3.05) is 16.8 Å². The first-order chi connectivity index (χ1) is 9.32. The molecule has 108 valence electrons. The van der Waals surface area contributed by atoms with Gasteiger partial charge in [-0.3, -0.25) is 9.59 Å². The minimum absolute atomic E-state index is 0.206. The van der Waals surface area contributed by atoms with E-state index >= 15 is 0 Å². The van der Waals surface area contributed by atoms with Gasteiger partial charge in [0.1, 0.15) is 5.78 Å². The lowest BCUT2D eigenvalue weighted by molar-refractivity contribution is -0.141. The van der Waals surface area contributed by atoms with E-state index in [1.54, 1.807) is 6.07 Å². The van der Waals surface area contributed by atoms with Crippen LogP contribution < -0.4 is 4.90 Å². The van der Waals surface area contributed by atoms with Crippen molar-refractivity contribution in [2.24, 2.45) is 0 Å². The Kier molecular flexibility index (Phi) is 4.44. The van der Waals surface area contributed by atoms with Crippen molar-refractivity contribution in [3.8, 4) is 0 Å². The van der Waals surface area contributed by atoms with E-state index in [9.17, 15) is 14.7 Å². The highest BCUT2D eigenvalue weighted by Gasteiger charge is 2.51. The predicted octanol–water partition coefficient (Wildman–Crippen LogP) is 2.90. The molecule has 7 heteroatoms. The van der Waals surface area contributed by atoms with Gasteiger partial charge in [0.15, 0.2) is 5.60 Å². The fraction of sp³-hybridized carbons (Fsp3) is 0.385. The number of benzene rings is 1. The van der Waals surface area contributed by atoms with Gasteiger partial charge in [0.05, 0.1) is 15.7 Å². The zero-order chi connectivity index (χ0) is 15.1. The lowest BCUT2D eigenvalue weighted by Gasteiger charge is -2.21. The molecule has 0 spiro atoms. The highest BCUT2D eigenvalue weighted by Crippen LogP contribution is 2.48. The van der Waals surface area contributed by atoms with Gasteiger partial charge in [-0.15, -0.1) is 0 Å². The number of carbonyl (C=O) groups excluding carboxylic acids is 2. The Bertz CT molecular complexity index is 593. The number of halogens is 3. The lowest BCUT2D eigenvalue weighted by atomic mass is 9.90. The van der Waals surface area contributed by atoms with Gasteiger partial charge >= 0.3 is 0 Å². The normalized spacial score (nSPS) is 21.2. The molecule has 1 atom stereocenters. The van der Waals surface area contributed by atoms with Gasteiger partial charge in [-0.05, 0) is 13.0 Å². The molecule has 2 rings (SSSR count). The standard InChI is InChI=1S/C13H12BrCl2NO3/c1-7(18)6-13(20)8-2-3-9(15)10(16)11(8)17(5-4-14)12(13)19/h2-3,20H,4-6H2,1H3. The van der Waals surface area contributed by atoms with Crippen molar-refractivity contribution in [3.63, 3.8) is 0 Å². The number of Topliss-reactive ketones (excluding diaryl/α,β-unsaturated/α-hetero) is 1. The Hall–Kier alpha value is -0.620. The molecule has 1 unspecified atom stereocenters. The smallest absolute Gasteiger partial charge is 0.264 e. The molecule has 0 saturated heterocycles. The summed E-state index contributed by atoms with van der Waals surface area (Å²) in [6.07, 6.45) is -0.282. The van der Waals surface area contributed by atoms with Crippen molar-refractivity contribution in [3.05, 3.63) is 27.7 Å². The minimum Gasteiger partial charge on any atom is -0.375 e. The first kappa shape index (κ1) is 15.8. The number of ketones is 1. The molecule has 0 radical (unpaired) electrons. The molecule has 1 amide bonds. The Morgan fingerprint density at radius 3 is 2.65 bits per heavy atom. The van der Waals surface area contributed by atoms with Crippen molar-refractivity contribution >= 4 is 56.5 Å². The molecule has 0 saturated carbocycles. The summed E-state index contributed by atoms with van der Waals surface area (Å²) in [5.41, 5.74) is -1.15. The molecule has 20 heavy (non-hydrogen) atoms. The zero-order valence-electron chi connectivity index (χ0n) is 10.6. The molecule has 0 bridgehead atoms. The molecule has 1 heterocycles. The molecule has 0 fully saturated rings. The van der Waals surface area contributed by atoms with Gasteiger partial charge in [-0.2, -0.15) is 0 Å². The molecule has 0 aliphatic carbocycles. The van der Waals surface area contributed by atoms with Crippen molar-refractivity contribution in [2.45, 2.75) is 18.9 Å². The number of alkyl halides is 1. The summed E-state index contributed by atoms with van der Waals surface area (Å²) in [6.45, 7) is 1.65. The number of fused-ring (bicyclic) bond motifs is 1. The average molecular weight is 381 g/mol. The molecule has 0 aromatic heterocycles.